The standard InChI is InChI=1S/C20H17N3O2S/c1-13-10-15(25-12-14-6-4-3-5-7-14)8-9-16(13)18-17(11-21)19(24)23-20(22-18)26-2/h3-10H,12H2,1-2H3,(H,22,23,24). The topological polar surface area (TPSA) is 78.8 Å². The van der Waals surface area contributed by atoms with Gasteiger partial charge in [0, 0.05) is 5.56 Å². The van der Waals surface area contributed by atoms with Crippen molar-refractivity contribution in [2.45, 2.75) is 18.7 Å². The number of rotatable bonds is 5. The summed E-state index contributed by atoms with van der Waals surface area (Å²) in [5, 5.41) is 9.82. The fourth-order valence-electron chi connectivity index (χ4n) is 2.58. The molecule has 0 radical (unpaired) electrons. The smallest absolute Gasteiger partial charge is 0.270 e. The maximum atomic E-state index is 12.1. The van der Waals surface area contributed by atoms with Crippen molar-refractivity contribution in [3.05, 3.63) is 75.6 Å². The van der Waals surface area contributed by atoms with Gasteiger partial charge in [0.15, 0.2) is 5.16 Å². The first kappa shape index (κ1) is 17.8. The summed E-state index contributed by atoms with van der Waals surface area (Å²) in [7, 11) is 0. The summed E-state index contributed by atoms with van der Waals surface area (Å²) in [5.41, 5.74) is 2.70. The molecule has 3 aromatic rings. The predicted molar refractivity (Wildman–Crippen MR) is 102 cm³/mol. The van der Waals surface area contributed by atoms with Crippen LogP contribution >= 0.6 is 11.8 Å². The van der Waals surface area contributed by atoms with Crippen molar-refractivity contribution in [3.63, 3.8) is 0 Å². The van der Waals surface area contributed by atoms with Gasteiger partial charge < -0.3 is 9.72 Å². The van der Waals surface area contributed by atoms with Crippen LogP contribution in [0.2, 0.25) is 0 Å². The number of aromatic amines is 1. The monoisotopic (exact) mass is 363 g/mol. The van der Waals surface area contributed by atoms with Gasteiger partial charge in [0.1, 0.15) is 24.0 Å². The zero-order valence-corrected chi connectivity index (χ0v) is 15.3. The molecule has 0 unspecified atom stereocenters. The Balaban J connectivity index is 1.92. The zero-order valence-electron chi connectivity index (χ0n) is 14.4. The van der Waals surface area contributed by atoms with E-state index in [-0.39, 0.29) is 5.56 Å². The number of nitriles is 1. The first-order valence-electron chi connectivity index (χ1n) is 7.98. The molecular weight excluding hydrogens is 346 g/mol. The minimum absolute atomic E-state index is 0.0175. The van der Waals surface area contributed by atoms with Crippen molar-refractivity contribution in [1.29, 1.82) is 5.26 Å². The molecule has 0 aliphatic carbocycles. The molecular formula is C20H17N3O2S. The first-order chi connectivity index (χ1) is 12.6. The molecule has 0 aliphatic rings. The number of H-pyrrole nitrogens is 1. The van der Waals surface area contributed by atoms with Gasteiger partial charge in [0.2, 0.25) is 0 Å². The fourth-order valence-corrected chi connectivity index (χ4v) is 2.96. The quantitative estimate of drug-likeness (QED) is 0.549. The van der Waals surface area contributed by atoms with Crippen molar-refractivity contribution in [2.75, 3.05) is 6.26 Å². The van der Waals surface area contributed by atoms with Crippen LogP contribution in [0.25, 0.3) is 11.3 Å². The lowest BCUT2D eigenvalue weighted by atomic mass is 10.0. The summed E-state index contributed by atoms with van der Waals surface area (Å²) in [5.74, 6) is 0.726. The van der Waals surface area contributed by atoms with E-state index in [9.17, 15) is 10.1 Å². The Kier molecular flexibility index (Phi) is 5.40. The average Bonchev–Trinajstić information content (AvgIpc) is 2.66. The number of benzene rings is 2. The highest BCUT2D eigenvalue weighted by Gasteiger charge is 2.15. The second kappa shape index (κ2) is 7.89. The van der Waals surface area contributed by atoms with Crippen LogP contribution in [0.3, 0.4) is 0 Å². The lowest BCUT2D eigenvalue weighted by Gasteiger charge is -2.11. The Morgan fingerprint density at radius 2 is 2.00 bits per heavy atom. The minimum Gasteiger partial charge on any atom is -0.489 e. The molecule has 0 fully saturated rings. The molecule has 0 bridgehead atoms. The molecule has 5 nitrogen and oxygen atoms in total. The van der Waals surface area contributed by atoms with Crippen molar-refractivity contribution >= 4 is 11.8 Å². The lowest BCUT2D eigenvalue weighted by molar-refractivity contribution is 0.306. The van der Waals surface area contributed by atoms with Gasteiger partial charge in [-0.15, -0.1) is 0 Å². The Labute approximate surface area is 155 Å². The minimum atomic E-state index is -0.425. The van der Waals surface area contributed by atoms with Crippen LogP contribution in [-0.2, 0) is 6.61 Å². The van der Waals surface area contributed by atoms with E-state index in [0.717, 1.165) is 22.4 Å². The van der Waals surface area contributed by atoms with Gasteiger partial charge in [-0.2, -0.15) is 5.26 Å². The van der Waals surface area contributed by atoms with Gasteiger partial charge in [-0.1, -0.05) is 42.1 Å². The number of aromatic nitrogens is 2. The van der Waals surface area contributed by atoms with Crippen LogP contribution in [0, 0.1) is 18.3 Å². The van der Waals surface area contributed by atoms with E-state index < -0.39 is 5.56 Å². The highest BCUT2D eigenvalue weighted by atomic mass is 32.2. The van der Waals surface area contributed by atoms with Gasteiger partial charge >= 0.3 is 0 Å². The van der Waals surface area contributed by atoms with E-state index in [1.165, 1.54) is 11.8 Å². The first-order valence-corrected chi connectivity index (χ1v) is 9.21. The predicted octanol–water partition coefficient (Wildman–Crippen LogP) is 3.92. The molecule has 0 atom stereocenters. The third-order valence-electron chi connectivity index (χ3n) is 3.90. The maximum Gasteiger partial charge on any atom is 0.270 e. The number of nitrogens with one attached hydrogen (secondary N) is 1. The third kappa shape index (κ3) is 3.79. The van der Waals surface area contributed by atoms with Crippen molar-refractivity contribution < 1.29 is 4.74 Å². The largest absolute Gasteiger partial charge is 0.489 e. The Bertz CT molecular complexity index is 1020. The highest BCUT2D eigenvalue weighted by molar-refractivity contribution is 7.98. The summed E-state index contributed by atoms with van der Waals surface area (Å²) in [6.45, 7) is 2.39. The molecule has 3 rings (SSSR count). The van der Waals surface area contributed by atoms with Crippen LogP contribution in [0.1, 0.15) is 16.7 Å². The molecule has 0 amide bonds. The number of hydrogen-bond donors (Lipinski definition) is 1. The second-order valence-corrected chi connectivity index (χ2v) is 6.46. The van der Waals surface area contributed by atoms with Crippen LogP contribution in [0.5, 0.6) is 5.75 Å². The van der Waals surface area contributed by atoms with E-state index in [1.54, 1.807) is 0 Å². The molecule has 1 aromatic heterocycles. The number of ether oxygens (including phenoxy) is 1. The summed E-state index contributed by atoms with van der Waals surface area (Å²) in [6.07, 6.45) is 1.82. The van der Waals surface area contributed by atoms with Crippen molar-refractivity contribution in [2.24, 2.45) is 0 Å². The van der Waals surface area contributed by atoms with Crippen LogP contribution < -0.4 is 10.3 Å². The highest BCUT2D eigenvalue weighted by Crippen LogP contribution is 2.28. The Morgan fingerprint density at radius 1 is 1.23 bits per heavy atom. The number of aryl methyl sites for hydroxylation is 1. The lowest BCUT2D eigenvalue weighted by Crippen LogP contribution is -2.14. The number of thioether (sulfide) groups is 1. The number of hydrogen-bond acceptors (Lipinski definition) is 5. The Morgan fingerprint density at radius 3 is 2.65 bits per heavy atom. The van der Waals surface area contributed by atoms with Crippen molar-refractivity contribution in [1.82, 2.24) is 9.97 Å². The van der Waals surface area contributed by atoms with E-state index in [0.29, 0.717) is 17.5 Å². The van der Waals surface area contributed by atoms with Crippen LogP contribution in [0.4, 0.5) is 0 Å². The normalized spacial score (nSPS) is 10.3. The molecule has 0 aliphatic heterocycles. The van der Waals surface area contributed by atoms with E-state index in [2.05, 4.69) is 9.97 Å². The van der Waals surface area contributed by atoms with E-state index in [4.69, 9.17) is 4.74 Å². The zero-order chi connectivity index (χ0) is 18.5. The molecule has 6 heteroatoms. The van der Waals surface area contributed by atoms with Gasteiger partial charge in [0.05, 0.1) is 5.69 Å². The average molecular weight is 363 g/mol. The fraction of sp³-hybridized carbons (Fsp3) is 0.150. The summed E-state index contributed by atoms with van der Waals surface area (Å²) in [4.78, 5) is 19.1. The van der Waals surface area contributed by atoms with Gasteiger partial charge in [-0.05, 0) is 42.5 Å². The summed E-state index contributed by atoms with van der Waals surface area (Å²) in [6, 6.07) is 17.4. The van der Waals surface area contributed by atoms with Gasteiger partial charge in [-0.25, -0.2) is 4.98 Å². The van der Waals surface area contributed by atoms with Crippen molar-refractivity contribution in [3.8, 4) is 23.1 Å². The third-order valence-corrected chi connectivity index (χ3v) is 4.48. The molecule has 0 spiro atoms. The molecule has 0 saturated carbocycles. The molecule has 1 N–H and O–H groups in total. The second-order valence-electron chi connectivity index (χ2n) is 5.66. The number of nitrogens with zero attached hydrogens (tertiary/aromatic N) is 2. The molecule has 2 aromatic carbocycles. The van der Waals surface area contributed by atoms with Crippen LogP contribution in [0.15, 0.2) is 58.5 Å². The van der Waals surface area contributed by atoms with E-state index >= 15 is 0 Å². The van der Waals surface area contributed by atoms with Gasteiger partial charge in [-0.3, -0.25) is 4.79 Å². The SMILES string of the molecule is CSc1nc(-c2ccc(OCc3ccccc3)cc2C)c(C#N)c(=O)[nH]1. The molecule has 130 valence electrons. The summed E-state index contributed by atoms with van der Waals surface area (Å²) < 4.78 is 5.83. The maximum absolute atomic E-state index is 12.1. The van der Waals surface area contributed by atoms with Gasteiger partial charge in [0.25, 0.3) is 5.56 Å². The van der Waals surface area contributed by atoms with Crippen LogP contribution in [-0.4, -0.2) is 16.2 Å². The summed E-state index contributed by atoms with van der Waals surface area (Å²) >= 11 is 1.32. The van der Waals surface area contributed by atoms with E-state index in [1.807, 2.05) is 67.8 Å². The molecule has 26 heavy (non-hydrogen) atoms. The molecule has 0 saturated heterocycles. The Hall–Kier alpha value is -3.04. The molecule has 1 heterocycles.